The molecule has 0 bridgehead atoms. The molecule has 0 aliphatic heterocycles. The van der Waals surface area contributed by atoms with Crippen molar-refractivity contribution in [2.75, 3.05) is 0 Å². The number of para-hydroxylation sites is 1. The fourth-order valence-corrected chi connectivity index (χ4v) is 7.16. The largest absolute Gasteiger partial charge is 0.298 e. The van der Waals surface area contributed by atoms with Gasteiger partial charge in [-0.05, 0) is 95.2 Å². The average molecular weight is 699 g/mol. The minimum Gasteiger partial charge on any atom is -0.298 e. The van der Waals surface area contributed by atoms with Gasteiger partial charge in [0, 0.05) is 40.0 Å². The van der Waals surface area contributed by atoms with E-state index in [1.807, 2.05) is 91.0 Å². The second-order valence-electron chi connectivity index (χ2n) is 12.7. The number of hydrogen-bond donors (Lipinski definition) is 2. The third kappa shape index (κ3) is 6.03. The molecule has 0 spiro atoms. The van der Waals surface area contributed by atoms with E-state index >= 15 is 0 Å². The standard InChI is InChI=1S/C46H30N6S/c47-44-43-35-15-4-5-16-38(35)51-45(37(43)28-36(46(44)52-53)31-11-2-1-3-12-31)33-14-10-13-32(25-33)29-19-21-30(22-20-29)34-26-41(39-17-6-8-23-48-39)50-42(27-34)40-18-7-9-24-49-40/h1-28,47,53H. The summed E-state index contributed by atoms with van der Waals surface area (Å²) in [4.78, 5) is 19.3. The zero-order valence-electron chi connectivity index (χ0n) is 28.3. The Hall–Kier alpha value is -6.83. The lowest BCUT2D eigenvalue weighted by Gasteiger charge is -2.23. The zero-order chi connectivity index (χ0) is 35.7. The van der Waals surface area contributed by atoms with Gasteiger partial charge in [-0.2, -0.15) is 0 Å². The van der Waals surface area contributed by atoms with E-state index in [1.165, 1.54) is 0 Å². The van der Waals surface area contributed by atoms with Gasteiger partial charge < -0.3 is 0 Å². The van der Waals surface area contributed by atoms with Crippen LogP contribution in [0.5, 0.6) is 0 Å². The maximum absolute atomic E-state index is 9.38. The fraction of sp³-hybridized carbons (Fsp3) is 0. The molecule has 6 nitrogen and oxygen atoms in total. The van der Waals surface area contributed by atoms with Gasteiger partial charge in [-0.1, -0.05) is 103 Å². The number of fused-ring (bicyclic) bond motifs is 3. The van der Waals surface area contributed by atoms with Crippen LogP contribution in [0.3, 0.4) is 0 Å². The van der Waals surface area contributed by atoms with Crippen molar-refractivity contribution in [2.24, 2.45) is 4.40 Å². The lowest BCUT2D eigenvalue weighted by Crippen LogP contribution is -2.22. The first-order chi connectivity index (χ1) is 26.1. The number of benzene rings is 4. The van der Waals surface area contributed by atoms with Crippen LogP contribution in [-0.2, 0) is 0 Å². The predicted molar refractivity (Wildman–Crippen MR) is 220 cm³/mol. The summed E-state index contributed by atoms with van der Waals surface area (Å²) in [5, 5.41) is 10.3. The molecule has 1 aliphatic rings. The molecule has 53 heavy (non-hydrogen) atoms. The fourth-order valence-electron chi connectivity index (χ4n) is 6.95. The Morgan fingerprint density at radius 2 is 1.09 bits per heavy atom. The SMILES string of the molecule is N=C1C(=NS)C(c2ccccc2)=Cc2c(-c3cccc(-c4ccc(-c5cc(-c6ccccn6)nc(-c6ccccn6)c5)cc4)c3)nc3ccccc3c21. The first kappa shape index (κ1) is 32.1. The molecule has 4 aromatic heterocycles. The van der Waals surface area contributed by atoms with Gasteiger partial charge in [-0.25, -0.2) is 14.4 Å². The number of hydrogen-bond acceptors (Lipinski definition) is 7. The summed E-state index contributed by atoms with van der Waals surface area (Å²) in [6.07, 6.45) is 5.68. The van der Waals surface area contributed by atoms with Crippen molar-refractivity contribution in [3.05, 3.63) is 181 Å². The van der Waals surface area contributed by atoms with Crippen molar-refractivity contribution in [3.8, 4) is 56.3 Å². The highest BCUT2D eigenvalue weighted by Gasteiger charge is 2.28. The van der Waals surface area contributed by atoms with E-state index in [2.05, 4.69) is 93.9 Å². The van der Waals surface area contributed by atoms with E-state index in [-0.39, 0.29) is 0 Å². The average Bonchev–Trinajstić information content (AvgIpc) is 3.24. The highest BCUT2D eigenvalue weighted by molar-refractivity contribution is 7.79. The van der Waals surface area contributed by atoms with E-state index in [4.69, 9.17) is 9.97 Å². The molecule has 0 unspecified atom stereocenters. The topological polar surface area (TPSA) is 87.8 Å². The van der Waals surface area contributed by atoms with Gasteiger partial charge in [0.15, 0.2) is 0 Å². The first-order valence-electron chi connectivity index (χ1n) is 17.2. The Morgan fingerprint density at radius 1 is 0.491 bits per heavy atom. The molecule has 4 aromatic carbocycles. The summed E-state index contributed by atoms with van der Waals surface area (Å²) in [7, 11) is 0. The Labute approximate surface area is 312 Å². The van der Waals surface area contributed by atoms with Crippen LogP contribution >= 0.6 is 12.8 Å². The molecular formula is C46H30N6S. The van der Waals surface area contributed by atoms with Crippen LogP contribution in [0.2, 0.25) is 0 Å². The van der Waals surface area contributed by atoms with Gasteiger partial charge in [0.25, 0.3) is 0 Å². The quantitative estimate of drug-likeness (QED) is 0.169. The Balaban J connectivity index is 1.13. The number of pyridine rings is 4. The monoisotopic (exact) mass is 698 g/mol. The van der Waals surface area contributed by atoms with Crippen LogP contribution in [0.4, 0.5) is 0 Å². The van der Waals surface area contributed by atoms with Gasteiger partial charge in [-0.15, -0.1) is 0 Å². The summed E-state index contributed by atoms with van der Waals surface area (Å²) in [5.41, 5.74) is 14.4. The number of aromatic nitrogens is 4. The highest BCUT2D eigenvalue weighted by Crippen LogP contribution is 2.39. The predicted octanol–water partition coefficient (Wildman–Crippen LogP) is 11.0. The molecule has 9 rings (SSSR count). The molecule has 0 saturated carbocycles. The molecule has 4 heterocycles. The van der Waals surface area contributed by atoms with Crippen molar-refractivity contribution >= 4 is 46.8 Å². The van der Waals surface area contributed by atoms with Crippen LogP contribution in [0.25, 0.3) is 78.8 Å². The van der Waals surface area contributed by atoms with Crippen molar-refractivity contribution in [2.45, 2.75) is 0 Å². The number of thiol groups is 1. The molecule has 0 fully saturated rings. The molecule has 0 radical (unpaired) electrons. The molecule has 0 saturated heterocycles. The second-order valence-corrected chi connectivity index (χ2v) is 12.9. The molecule has 1 N–H and O–H groups in total. The third-order valence-corrected chi connectivity index (χ3v) is 9.71. The second kappa shape index (κ2) is 13.7. The van der Waals surface area contributed by atoms with E-state index in [9.17, 15) is 5.41 Å². The summed E-state index contributed by atoms with van der Waals surface area (Å²) in [6.45, 7) is 0. The van der Waals surface area contributed by atoms with Crippen LogP contribution in [0, 0.1) is 5.41 Å². The first-order valence-corrected chi connectivity index (χ1v) is 17.6. The maximum atomic E-state index is 9.38. The minimum atomic E-state index is 0.330. The van der Waals surface area contributed by atoms with E-state index in [1.54, 1.807) is 12.4 Å². The molecule has 7 heteroatoms. The number of nitrogens with one attached hydrogen (secondary N) is 1. The van der Waals surface area contributed by atoms with Crippen LogP contribution in [-0.4, -0.2) is 31.4 Å². The zero-order valence-corrected chi connectivity index (χ0v) is 29.2. The van der Waals surface area contributed by atoms with Crippen molar-refractivity contribution in [3.63, 3.8) is 0 Å². The Kier molecular flexibility index (Phi) is 8.31. The smallest absolute Gasteiger partial charge is 0.104 e. The Bertz CT molecular complexity index is 2670. The molecule has 250 valence electrons. The number of nitrogens with zero attached hydrogens (tertiary/aromatic N) is 5. The van der Waals surface area contributed by atoms with Crippen molar-refractivity contribution in [1.82, 2.24) is 19.9 Å². The Morgan fingerprint density at radius 3 is 1.75 bits per heavy atom. The molecule has 8 aromatic rings. The summed E-state index contributed by atoms with van der Waals surface area (Å²) in [6, 6.07) is 50.9. The lowest BCUT2D eigenvalue weighted by atomic mass is 9.82. The molecule has 0 atom stereocenters. The van der Waals surface area contributed by atoms with Crippen molar-refractivity contribution < 1.29 is 0 Å². The van der Waals surface area contributed by atoms with Crippen LogP contribution in [0.15, 0.2) is 168 Å². The van der Waals surface area contributed by atoms with Gasteiger partial charge in [-0.3, -0.25) is 15.4 Å². The summed E-state index contributed by atoms with van der Waals surface area (Å²) in [5.74, 6) is 0. The summed E-state index contributed by atoms with van der Waals surface area (Å²) >= 11 is 4.32. The third-order valence-electron chi connectivity index (χ3n) is 9.51. The molecule has 1 aliphatic carbocycles. The van der Waals surface area contributed by atoms with Crippen LogP contribution < -0.4 is 0 Å². The summed E-state index contributed by atoms with van der Waals surface area (Å²) < 4.78 is 4.31. The number of allylic oxidation sites excluding steroid dienone is 1. The van der Waals surface area contributed by atoms with Crippen molar-refractivity contribution in [1.29, 1.82) is 5.41 Å². The van der Waals surface area contributed by atoms with E-state index < -0.39 is 0 Å². The number of rotatable bonds is 6. The highest BCUT2D eigenvalue weighted by atomic mass is 32.1. The van der Waals surface area contributed by atoms with Gasteiger partial charge in [0.2, 0.25) is 0 Å². The molecular weight excluding hydrogens is 669 g/mol. The minimum absolute atomic E-state index is 0.330. The van der Waals surface area contributed by atoms with E-state index in [0.717, 1.165) is 89.5 Å². The maximum Gasteiger partial charge on any atom is 0.104 e. The van der Waals surface area contributed by atoms with Gasteiger partial charge in [0.1, 0.15) is 5.71 Å². The normalized spacial score (nSPS) is 13.2. The van der Waals surface area contributed by atoms with Gasteiger partial charge >= 0.3 is 0 Å². The lowest BCUT2D eigenvalue weighted by molar-refractivity contribution is 1.22. The molecule has 0 amide bonds. The van der Waals surface area contributed by atoms with Gasteiger partial charge in [0.05, 0.1) is 39.7 Å². The van der Waals surface area contributed by atoms with E-state index in [0.29, 0.717) is 11.4 Å². The van der Waals surface area contributed by atoms with Crippen LogP contribution in [0.1, 0.15) is 16.7 Å².